The van der Waals surface area contributed by atoms with Gasteiger partial charge in [-0.1, -0.05) is 35.3 Å². The number of amides is 1. The molecule has 3 aromatic rings. The van der Waals surface area contributed by atoms with Crippen molar-refractivity contribution in [3.05, 3.63) is 70.2 Å². The zero-order valence-corrected chi connectivity index (χ0v) is 18.1. The summed E-state index contributed by atoms with van der Waals surface area (Å²) in [6, 6.07) is 18.2. The van der Waals surface area contributed by atoms with Crippen LogP contribution in [0.5, 0.6) is 0 Å². The molecule has 156 valence electrons. The van der Waals surface area contributed by atoms with Crippen molar-refractivity contribution in [1.29, 1.82) is 5.26 Å². The van der Waals surface area contributed by atoms with Crippen LogP contribution in [0, 0.1) is 17.2 Å². The lowest BCUT2D eigenvalue weighted by molar-refractivity contribution is -0.120. The summed E-state index contributed by atoms with van der Waals surface area (Å²) in [5.41, 5.74) is 2.52. The minimum absolute atomic E-state index is 0.130. The monoisotopic (exact) mass is 451 g/mol. The van der Waals surface area contributed by atoms with Crippen molar-refractivity contribution >= 4 is 40.6 Å². The fourth-order valence-corrected chi connectivity index (χ4v) is 3.92. The first kappa shape index (κ1) is 21.1. The highest BCUT2D eigenvalue weighted by Crippen LogP contribution is 2.26. The number of nitrogens with one attached hydrogen (secondary N) is 1. The van der Waals surface area contributed by atoms with Gasteiger partial charge < -0.3 is 10.2 Å². The van der Waals surface area contributed by atoms with Crippen molar-refractivity contribution in [3.8, 4) is 17.3 Å². The van der Waals surface area contributed by atoms with Gasteiger partial charge in [0.15, 0.2) is 5.82 Å². The number of nitrogens with zero attached hydrogens (tertiary/aromatic N) is 4. The van der Waals surface area contributed by atoms with E-state index in [2.05, 4.69) is 26.5 Å². The Balaban J connectivity index is 1.45. The molecule has 4 rings (SSSR count). The molecule has 2 heterocycles. The molecule has 1 atom stereocenters. The predicted molar refractivity (Wildman–Crippen MR) is 122 cm³/mol. The molecule has 1 unspecified atom stereocenters. The van der Waals surface area contributed by atoms with Gasteiger partial charge in [-0.05, 0) is 55.3 Å². The molecule has 2 aromatic carbocycles. The van der Waals surface area contributed by atoms with Gasteiger partial charge in [-0.15, -0.1) is 10.2 Å². The van der Waals surface area contributed by atoms with Gasteiger partial charge in [0.1, 0.15) is 6.07 Å². The number of aromatic nitrogens is 2. The van der Waals surface area contributed by atoms with Crippen LogP contribution < -0.4 is 10.2 Å². The number of carbonyl (C=O) groups excluding carboxylic acids is 1. The number of nitriles is 1. The Morgan fingerprint density at radius 3 is 2.55 bits per heavy atom. The quantitative estimate of drug-likeness (QED) is 0.590. The topological polar surface area (TPSA) is 81.9 Å². The maximum absolute atomic E-state index is 12.9. The highest BCUT2D eigenvalue weighted by molar-refractivity contribution is 6.31. The van der Waals surface area contributed by atoms with E-state index >= 15 is 0 Å². The third kappa shape index (κ3) is 4.96. The summed E-state index contributed by atoms with van der Waals surface area (Å²) in [6.07, 6.45) is 1.63. The highest BCUT2D eigenvalue weighted by Gasteiger charge is 2.27. The molecule has 1 aliphatic heterocycles. The highest BCUT2D eigenvalue weighted by atomic mass is 35.5. The number of rotatable bonds is 4. The van der Waals surface area contributed by atoms with Crippen LogP contribution in [0.15, 0.2) is 54.6 Å². The van der Waals surface area contributed by atoms with E-state index in [1.807, 2.05) is 36.4 Å². The zero-order valence-electron chi connectivity index (χ0n) is 16.6. The number of anilines is 2. The first-order valence-electron chi connectivity index (χ1n) is 9.88. The van der Waals surface area contributed by atoms with E-state index in [0.29, 0.717) is 27.8 Å². The molecule has 0 saturated carbocycles. The summed E-state index contributed by atoms with van der Waals surface area (Å²) >= 11 is 12.0. The number of halogens is 2. The zero-order chi connectivity index (χ0) is 21.8. The number of benzene rings is 2. The van der Waals surface area contributed by atoms with Gasteiger partial charge in [-0.3, -0.25) is 4.79 Å². The third-order valence-corrected chi connectivity index (χ3v) is 5.75. The second-order valence-electron chi connectivity index (χ2n) is 7.36. The summed E-state index contributed by atoms with van der Waals surface area (Å²) in [5, 5.41) is 22.0. The first-order chi connectivity index (χ1) is 15.0. The molecule has 1 saturated heterocycles. The minimum atomic E-state index is -0.225. The van der Waals surface area contributed by atoms with E-state index in [4.69, 9.17) is 23.2 Å². The molecular formula is C23H19Cl2N5O. The third-order valence-electron chi connectivity index (χ3n) is 5.27. The van der Waals surface area contributed by atoms with Crippen molar-refractivity contribution in [2.24, 2.45) is 5.92 Å². The van der Waals surface area contributed by atoms with Gasteiger partial charge in [0.05, 0.1) is 22.9 Å². The summed E-state index contributed by atoms with van der Waals surface area (Å²) in [7, 11) is 0. The van der Waals surface area contributed by atoms with Crippen LogP contribution >= 0.6 is 23.2 Å². The van der Waals surface area contributed by atoms with Crippen LogP contribution in [0.1, 0.15) is 18.4 Å². The SMILES string of the molecule is N#Cc1ccc(Cl)cc1NC(=O)C1CCCN(c2ccc(-c3ccc(Cl)cc3)nn2)C1. The lowest BCUT2D eigenvalue weighted by atomic mass is 9.96. The molecule has 1 aromatic heterocycles. The van der Waals surface area contributed by atoms with Crippen molar-refractivity contribution in [2.75, 3.05) is 23.3 Å². The fourth-order valence-electron chi connectivity index (χ4n) is 3.62. The molecule has 8 heteroatoms. The van der Waals surface area contributed by atoms with Gasteiger partial charge in [0, 0.05) is 28.7 Å². The molecule has 1 N–H and O–H groups in total. The number of piperidine rings is 1. The second-order valence-corrected chi connectivity index (χ2v) is 8.23. The van der Waals surface area contributed by atoms with Gasteiger partial charge >= 0.3 is 0 Å². The van der Waals surface area contributed by atoms with Crippen molar-refractivity contribution in [2.45, 2.75) is 12.8 Å². The van der Waals surface area contributed by atoms with E-state index < -0.39 is 0 Å². The van der Waals surface area contributed by atoms with E-state index in [9.17, 15) is 10.1 Å². The second kappa shape index (κ2) is 9.34. The van der Waals surface area contributed by atoms with Crippen molar-refractivity contribution < 1.29 is 4.79 Å². The van der Waals surface area contributed by atoms with Gasteiger partial charge in [0.25, 0.3) is 0 Å². The predicted octanol–water partition coefficient (Wildman–Crippen LogP) is 5.18. The molecule has 0 aliphatic carbocycles. The van der Waals surface area contributed by atoms with Crippen LogP contribution in [0.3, 0.4) is 0 Å². The van der Waals surface area contributed by atoms with Gasteiger partial charge in [-0.2, -0.15) is 5.26 Å². The lowest BCUT2D eigenvalue weighted by Crippen LogP contribution is -2.41. The molecule has 1 aliphatic rings. The van der Waals surface area contributed by atoms with Crippen LogP contribution in [0.2, 0.25) is 10.0 Å². The Kier molecular flexibility index (Phi) is 6.36. The lowest BCUT2D eigenvalue weighted by Gasteiger charge is -2.32. The van der Waals surface area contributed by atoms with Crippen LogP contribution in [0.4, 0.5) is 11.5 Å². The number of hydrogen-bond donors (Lipinski definition) is 1. The minimum Gasteiger partial charge on any atom is -0.354 e. The van der Waals surface area contributed by atoms with Crippen molar-refractivity contribution in [1.82, 2.24) is 10.2 Å². The summed E-state index contributed by atoms with van der Waals surface area (Å²) in [5.74, 6) is 0.377. The van der Waals surface area contributed by atoms with E-state index in [-0.39, 0.29) is 11.8 Å². The molecular weight excluding hydrogens is 433 g/mol. The van der Waals surface area contributed by atoms with Gasteiger partial charge in [0.2, 0.25) is 5.91 Å². The van der Waals surface area contributed by atoms with Gasteiger partial charge in [-0.25, -0.2) is 0 Å². The average molecular weight is 452 g/mol. The van der Waals surface area contributed by atoms with Crippen LogP contribution in [0.25, 0.3) is 11.3 Å². The molecule has 31 heavy (non-hydrogen) atoms. The summed E-state index contributed by atoms with van der Waals surface area (Å²) in [4.78, 5) is 14.9. The summed E-state index contributed by atoms with van der Waals surface area (Å²) in [6.45, 7) is 1.34. The van der Waals surface area contributed by atoms with Crippen LogP contribution in [-0.4, -0.2) is 29.2 Å². The molecule has 1 amide bonds. The Morgan fingerprint density at radius 2 is 1.84 bits per heavy atom. The summed E-state index contributed by atoms with van der Waals surface area (Å²) < 4.78 is 0. The maximum Gasteiger partial charge on any atom is 0.229 e. The number of hydrogen-bond acceptors (Lipinski definition) is 5. The standard InChI is InChI=1S/C23H19Cl2N5O/c24-18-6-3-15(4-7-18)20-9-10-22(29-28-20)30-11-1-2-17(14-30)23(31)27-21-12-19(25)8-5-16(21)13-26/h3-10,12,17H,1-2,11,14H2,(H,27,31). The Labute approximate surface area is 190 Å². The van der Waals surface area contributed by atoms with Crippen LogP contribution in [-0.2, 0) is 4.79 Å². The largest absolute Gasteiger partial charge is 0.354 e. The van der Waals surface area contributed by atoms with E-state index in [0.717, 1.165) is 36.5 Å². The first-order valence-corrected chi connectivity index (χ1v) is 10.6. The van der Waals surface area contributed by atoms with Crippen molar-refractivity contribution in [3.63, 3.8) is 0 Å². The molecule has 6 nitrogen and oxygen atoms in total. The molecule has 0 bridgehead atoms. The van der Waals surface area contributed by atoms with E-state index in [1.165, 1.54) is 0 Å². The molecule has 0 spiro atoms. The Hall–Kier alpha value is -3.14. The van der Waals surface area contributed by atoms with E-state index in [1.54, 1.807) is 18.2 Å². The maximum atomic E-state index is 12.9. The fraction of sp³-hybridized carbons (Fsp3) is 0.217. The smallest absolute Gasteiger partial charge is 0.229 e. The Morgan fingerprint density at radius 1 is 1.06 bits per heavy atom. The normalized spacial score (nSPS) is 15.9. The number of carbonyl (C=O) groups is 1. The molecule has 0 radical (unpaired) electrons. The molecule has 1 fully saturated rings. The average Bonchev–Trinajstić information content (AvgIpc) is 2.80. The Bertz CT molecular complexity index is 1130.